The Morgan fingerprint density at radius 1 is 1.29 bits per heavy atom. The van der Waals surface area contributed by atoms with E-state index in [4.69, 9.17) is 4.74 Å². The molecule has 3 rings (SSSR count). The molecule has 0 spiro atoms. The molecule has 1 heterocycles. The van der Waals surface area contributed by atoms with Gasteiger partial charge in [-0.25, -0.2) is 0 Å². The van der Waals surface area contributed by atoms with Gasteiger partial charge in [-0.05, 0) is 23.8 Å². The molecule has 0 radical (unpaired) electrons. The fraction of sp³-hybridized carbons (Fsp3) is 0.556. The van der Waals surface area contributed by atoms with Crippen LogP contribution in [0, 0.1) is 5.41 Å². The molecule has 3 heteroatoms. The first-order chi connectivity index (χ1) is 9.85. The van der Waals surface area contributed by atoms with Crippen LogP contribution in [0.5, 0.6) is 0 Å². The Balaban J connectivity index is 1.74. The Morgan fingerprint density at radius 3 is 2.57 bits per heavy atom. The fourth-order valence-corrected chi connectivity index (χ4v) is 3.63. The van der Waals surface area contributed by atoms with E-state index in [0.29, 0.717) is 18.4 Å². The van der Waals surface area contributed by atoms with Crippen molar-refractivity contribution < 1.29 is 14.3 Å². The van der Waals surface area contributed by atoms with Crippen LogP contribution in [0.2, 0.25) is 0 Å². The van der Waals surface area contributed by atoms with Crippen molar-refractivity contribution in [2.24, 2.45) is 5.41 Å². The van der Waals surface area contributed by atoms with Gasteiger partial charge in [0.1, 0.15) is 11.7 Å². The summed E-state index contributed by atoms with van der Waals surface area (Å²) in [6, 6.07) is 7.74. The maximum absolute atomic E-state index is 12.5. The van der Waals surface area contributed by atoms with Crippen LogP contribution in [0.3, 0.4) is 0 Å². The van der Waals surface area contributed by atoms with Crippen molar-refractivity contribution in [2.45, 2.75) is 58.2 Å². The lowest BCUT2D eigenvalue weighted by atomic mass is 9.70. The summed E-state index contributed by atoms with van der Waals surface area (Å²) in [6.45, 7) is 6.24. The van der Waals surface area contributed by atoms with E-state index in [0.717, 1.165) is 12.8 Å². The molecular weight excluding hydrogens is 264 g/mol. The summed E-state index contributed by atoms with van der Waals surface area (Å²) in [5.74, 6) is 0.228. The maximum Gasteiger partial charge on any atom is 0.165 e. The van der Waals surface area contributed by atoms with Gasteiger partial charge in [0.2, 0.25) is 0 Å². The first-order valence-corrected chi connectivity index (χ1v) is 7.68. The molecule has 2 atom stereocenters. The second kappa shape index (κ2) is 4.77. The molecule has 2 fully saturated rings. The first-order valence-electron chi connectivity index (χ1n) is 7.68. The summed E-state index contributed by atoms with van der Waals surface area (Å²) < 4.78 is 5.68. The standard InChI is InChI=1S/C18H22O3/c1-4-12-5-7-13(8-6-12)14(19)10-18-11-17(2,3)9-15(20)16(18)21-18/h5-8,16H,4,9-11H2,1-3H3. The highest BCUT2D eigenvalue weighted by atomic mass is 16.6. The zero-order valence-electron chi connectivity index (χ0n) is 12.9. The van der Waals surface area contributed by atoms with Crippen LogP contribution in [0.15, 0.2) is 24.3 Å². The Hall–Kier alpha value is -1.48. The van der Waals surface area contributed by atoms with E-state index in [9.17, 15) is 9.59 Å². The number of aryl methyl sites for hydroxylation is 1. The highest BCUT2D eigenvalue weighted by Crippen LogP contribution is 2.54. The quantitative estimate of drug-likeness (QED) is 0.630. The molecule has 3 nitrogen and oxygen atoms in total. The Kier molecular flexibility index (Phi) is 3.28. The normalized spacial score (nSPS) is 29.9. The summed E-state index contributed by atoms with van der Waals surface area (Å²) in [4.78, 5) is 24.5. The molecule has 0 aromatic heterocycles. The maximum atomic E-state index is 12.5. The number of hydrogen-bond acceptors (Lipinski definition) is 3. The lowest BCUT2D eigenvalue weighted by Crippen LogP contribution is -2.37. The number of fused-ring (bicyclic) bond motifs is 1. The SMILES string of the molecule is CCc1ccc(C(=O)CC23CC(C)(C)CC(=O)C2O3)cc1. The lowest BCUT2D eigenvalue weighted by Gasteiger charge is -2.31. The molecule has 0 N–H and O–H groups in total. The number of ether oxygens (including phenoxy) is 1. The van der Waals surface area contributed by atoms with Gasteiger partial charge in [-0.3, -0.25) is 9.59 Å². The van der Waals surface area contributed by atoms with Crippen LogP contribution in [0.4, 0.5) is 0 Å². The zero-order valence-corrected chi connectivity index (χ0v) is 12.9. The number of carbonyl (C=O) groups is 2. The van der Waals surface area contributed by atoms with Gasteiger partial charge in [-0.15, -0.1) is 0 Å². The molecule has 1 aromatic rings. The van der Waals surface area contributed by atoms with Crippen molar-refractivity contribution in [3.05, 3.63) is 35.4 Å². The smallest absolute Gasteiger partial charge is 0.165 e. The Bertz CT molecular complexity index is 585. The van der Waals surface area contributed by atoms with Crippen LogP contribution < -0.4 is 0 Å². The molecule has 1 aromatic carbocycles. The summed E-state index contributed by atoms with van der Waals surface area (Å²) in [6.07, 6.45) is 2.28. The van der Waals surface area contributed by atoms with Crippen molar-refractivity contribution in [3.63, 3.8) is 0 Å². The van der Waals surface area contributed by atoms with Gasteiger partial charge in [-0.1, -0.05) is 45.0 Å². The molecule has 0 bridgehead atoms. The number of epoxide rings is 1. The predicted molar refractivity (Wildman–Crippen MR) is 80.4 cm³/mol. The summed E-state index contributed by atoms with van der Waals surface area (Å²) in [7, 11) is 0. The molecule has 1 saturated carbocycles. The highest BCUT2D eigenvalue weighted by Gasteiger charge is 2.65. The number of Topliss-reactive ketones (excluding diaryl/α,β-unsaturated/α-hetero) is 2. The van der Waals surface area contributed by atoms with Crippen LogP contribution in [-0.4, -0.2) is 23.3 Å². The number of ketones is 2. The van der Waals surface area contributed by atoms with Crippen LogP contribution in [0.1, 0.15) is 56.0 Å². The van der Waals surface area contributed by atoms with Gasteiger partial charge < -0.3 is 4.74 Å². The summed E-state index contributed by atoms with van der Waals surface area (Å²) in [5.41, 5.74) is 1.33. The van der Waals surface area contributed by atoms with Crippen molar-refractivity contribution in [1.29, 1.82) is 0 Å². The minimum Gasteiger partial charge on any atom is -0.357 e. The zero-order chi connectivity index (χ0) is 15.3. The Labute approximate surface area is 125 Å². The van der Waals surface area contributed by atoms with Crippen LogP contribution in [-0.2, 0) is 16.0 Å². The van der Waals surface area contributed by atoms with Gasteiger partial charge in [-0.2, -0.15) is 0 Å². The van der Waals surface area contributed by atoms with E-state index in [2.05, 4.69) is 20.8 Å². The third-order valence-corrected chi connectivity index (χ3v) is 4.64. The van der Waals surface area contributed by atoms with Crippen molar-refractivity contribution in [3.8, 4) is 0 Å². The fourth-order valence-electron chi connectivity index (χ4n) is 3.63. The van der Waals surface area contributed by atoms with E-state index in [1.54, 1.807) is 0 Å². The molecule has 2 unspecified atom stereocenters. The van der Waals surface area contributed by atoms with Gasteiger partial charge in [0.25, 0.3) is 0 Å². The molecule has 1 aliphatic heterocycles. The second-order valence-corrected chi connectivity index (χ2v) is 7.20. The van der Waals surface area contributed by atoms with Gasteiger partial charge in [0, 0.05) is 18.4 Å². The minimum atomic E-state index is -0.528. The number of hydrogen-bond donors (Lipinski definition) is 0. The van der Waals surface area contributed by atoms with E-state index in [-0.39, 0.29) is 23.1 Å². The molecule has 2 aliphatic rings. The minimum absolute atomic E-state index is 0.0730. The predicted octanol–water partition coefficient (Wildman–Crippen LogP) is 3.35. The van der Waals surface area contributed by atoms with Crippen LogP contribution >= 0.6 is 0 Å². The summed E-state index contributed by atoms with van der Waals surface area (Å²) in [5, 5.41) is 0. The molecule has 21 heavy (non-hydrogen) atoms. The number of carbonyl (C=O) groups excluding carboxylic acids is 2. The van der Waals surface area contributed by atoms with Crippen molar-refractivity contribution in [1.82, 2.24) is 0 Å². The van der Waals surface area contributed by atoms with E-state index in [1.165, 1.54) is 5.56 Å². The summed E-state index contributed by atoms with van der Waals surface area (Å²) >= 11 is 0. The van der Waals surface area contributed by atoms with Gasteiger partial charge in [0.15, 0.2) is 11.6 Å². The topological polar surface area (TPSA) is 46.7 Å². The lowest BCUT2D eigenvalue weighted by molar-refractivity contribution is -0.123. The number of rotatable bonds is 4. The van der Waals surface area contributed by atoms with Gasteiger partial charge in [0.05, 0.1) is 0 Å². The van der Waals surface area contributed by atoms with Crippen molar-refractivity contribution >= 4 is 11.6 Å². The first kappa shape index (κ1) is 14.5. The third-order valence-electron chi connectivity index (χ3n) is 4.64. The molecule has 112 valence electrons. The van der Waals surface area contributed by atoms with E-state index < -0.39 is 5.60 Å². The molecule has 0 amide bonds. The second-order valence-electron chi connectivity index (χ2n) is 7.20. The van der Waals surface area contributed by atoms with Gasteiger partial charge >= 0.3 is 0 Å². The average Bonchev–Trinajstić information content (AvgIpc) is 3.11. The Morgan fingerprint density at radius 2 is 1.95 bits per heavy atom. The van der Waals surface area contributed by atoms with Crippen LogP contribution in [0.25, 0.3) is 0 Å². The average molecular weight is 286 g/mol. The largest absolute Gasteiger partial charge is 0.357 e. The molecule has 1 saturated heterocycles. The molecule has 1 aliphatic carbocycles. The van der Waals surface area contributed by atoms with E-state index >= 15 is 0 Å². The third kappa shape index (κ3) is 2.67. The van der Waals surface area contributed by atoms with Crippen molar-refractivity contribution in [2.75, 3.05) is 0 Å². The number of benzene rings is 1. The highest BCUT2D eigenvalue weighted by molar-refractivity contribution is 5.99. The van der Waals surface area contributed by atoms with E-state index in [1.807, 2.05) is 24.3 Å². The monoisotopic (exact) mass is 286 g/mol. The molecular formula is C18H22O3.